The number of anilines is 1. The maximum Gasteiger partial charge on any atom is 0.264 e. The molecule has 4 rings (SSSR count). The van der Waals surface area contributed by atoms with Gasteiger partial charge in [0.2, 0.25) is 0 Å². The first-order chi connectivity index (χ1) is 11.6. The number of benzene rings is 1. The molecule has 134 valence electrons. The summed E-state index contributed by atoms with van der Waals surface area (Å²) in [5, 5.41) is 4.92. The number of carbonyl (C=O) groups excluding carboxylic acids is 1. The van der Waals surface area contributed by atoms with E-state index in [2.05, 4.69) is 15.2 Å². The number of allylic oxidation sites excluding steroid dienone is 1. The van der Waals surface area contributed by atoms with E-state index >= 15 is 0 Å². The smallest absolute Gasteiger partial charge is 0.264 e. The van der Waals surface area contributed by atoms with Crippen molar-refractivity contribution in [3.63, 3.8) is 0 Å². The van der Waals surface area contributed by atoms with Crippen LogP contribution >= 0.6 is 47.4 Å². The van der Waals surface area contributed by atoms with Gasteiger partial charge in [0.15, 0.2) is 5.17 Å². The number of carbonyl (C=O) groups is 1. The first-order valence-corrected chi connectivity index (χ1v) is 9.70. The van der Waals surface area contributed by atoms with Crippen LogP contribution in [0.4, 0.5) is 5.69 Å². The molecule has 0 saturated heterocycles. The van der Waals surface area contributed by atoms with Crippen LogP contribution in [0.25, 0.3) is 0 Å². The Hall–Kier alpha value is -0.880. The van der Waals surface area contributed by atoms with Gasteiger partial charge in [-0.2, -0.15) is 0 Å². The molecule has 8 heteroatoms. The highest BCUT2D eigenvalue weighted by molar-refractivity contribution is 8.18. The van der Waals surface area contributed by atoms with E-state index in [1.165, 1.54) is 18.2 Å². The standard InChI is InChI=1S/C17H17Cl2N3OS.ClH/c18-11-7-12(19)9-13(8-11)21-16(23)15-14(10-3-1-4-10)22-6-2-5-20-17(22)24-15;/h7-10H,1-6H2,(H,21,23);1H. The topological polar surface area (TPSA) is 44.7 Å². The Morgan fingerprint density at radius 2 is 1.92 bits per heavy atom. The van der Waals surface area contributed by atoms with Crippen molar-refractivity contribution >= 4 is 64.1 Å². The molecule has 2 aliphatic heterocycles. The van der Waals surface area contributed by atoms with Gasteiger partial charge in [-0.15, -0.1) is 12.4 Å². The molecule has 1 aromatic rings. The molecule has 0 radical (unpaired) electrons. The van der Waals surface area contributed by atoms with Crippen LogP contribution in [-0.4, -0.2) is 29.1 Å². The lowest BCUT2D eigenvalue weighted by molar-refractivity contribution is -0.112. The highest BCUT2D eigenvalue weighted by Gasteiger charge is 2.39. The van der Waals surface area contributed by atoms with Gasteiger partial charge in [0.1, 0.15) is 4.91 Å². The molecule has 0 bridgehead atoms. The summed E-state index contributed by atoms with van der Waals surface area (Å²) >= 11 is 13.5. The second kappa shape index (κ2) is 7.78. The molecule has 1 saturated carbocycles. The monoisotopic (exact) mass is 417 g/mol. The molecule has 1 amide bonds. The van der Waals surface area contributed by atoms with E-state index in [4.69, 9.17) is 23.2 Å². The van der Waals surface area contributed by atoms with Gasteiger partial charge in [0.25, 0.3) is 5.91 Å². The fraction of sp³-hybridized carbons (Fsp3) is 0.412. The van der Waals surface area contributed by atoms with Crippen LogP contribution in [0.3, 0.4) is 0 Å². The van der Waals surface area contributed by atoms with Gasteiger partial charge in [-0.25, -0.2) is 0 Å². The minimum absolute atomic E-state index is 0. The molecular formula is C17H18Cl3N3OS. The molecule has 0 spiro atoms. The number of amides is 1. The highest BCUT2D eigenvalue weighted by Crippen LogP contribution is 2.46. The average molecular weight is 419 g/mol. The summed E-state index contributed by atoms with van der Waals surface area (Å²) in [5.41, 5.74) is 1.78. The Balaban J connectivity index is 0.00000182. The Morgan fingerprint density at radius 1 is 1.20 bits per heavy atom. The van der Waals surface area contributed by atoms with Gasteiger partial charge in [-0.3, -0.25) is 9.79 Å². The third-order valence-corrected chi connectivity index (χ3v) is 6.12. The second-order valence-electron chi connectivity index (χ2n) is 6.23. The molecule has 25 heavy (non-hydrogen) atoms. The minimum atomic E-state index is -0.0997. The molecule has 1 aliphatic carbocycles. The molecule has 1 aromatic carbocycles. The number of thioether (sulfide) groups is 1. The van der Waals surface area contributed by atoms with Gasteiger partial charge in [-0.1, -0.05) is 29.6 Å². The summed E-state index contributed by atoms with van der Waals surface area (Å²) in [5.74, 6) is 0.379. The van der Waals surface area contributed by atoms with Gasteiger partial charge >= 0.3 is 0 Å². The Bertz CT molecular complexity index is 741. The van der Waals surface area contributed by atoms with E-state index in [1.807, 2.05) is 0 Å². The number of hydrogen-bond donors (Lipinski definition) is 1. The summed E-state index contributed by atoms with van der Waals surface area (Å²) in [4.78, 5) is 20.5. The SMILES string of the molecule is Cl.O=C(Nc1cc(Cl)cc(Cl)c1)C1=C(C2CCC2)N2CCCN=C2S1. The van der Waals surface area contributed by atoms with Crippen molar-refractivity contribution in [2.24, 2.45) is 10.9 Å². The van der Waals surface area contributed by atoms with Gasteiger partial charge in [0, 0.05) is 40.4 Å². The second-order valence-corrected chi connectivity index (χ2v) is 8.08. The number of rotatable bonds is 3. The minimum Gasteiger partial charge on any atom is -0.323 e. The molecular weight excluding hydrogens is 401 g/mol. The van der Waals surface area contributed by atoms with Crippen LogP contribution in [-0.2, 0) is 4.79 Å². The molecule has 2 heterocycles. The number of nitrogens with one attached hydrogen (secondary N) is 1. The van der Waals surface area contributed by atoms with Gasteiger partial charge < -0.3 is 10.2 Å². The molecule has 4 nitrogen and oxygen atoms in total. The molecule has 1 N–H and O–H groups in total. The van der Waals surface area contributed by atoms with Crippen molar-refractivity contribution in [2.45, 2.75) is 25.7 Å². The van der Waals surface area contributed by atoms with Crippen LogP contribution in [0, 0.1) is 5.92 Å². The lowest BCUT2D eigenvalue weighted by atomic mass is 9.82. The Morgan fingerprint density at radius 3 is 2.56 bits per heavy atom. The third kappa shape index (κ3) is 3.80. The summed E-state index contributed by atoms with van der Waals surface area (Å²) in [7, 11) is 0. The van der Waals surface area contributed by atoms with E-state index in [1.54, 1.807) is 18.2 Å². The van der Waals surface area contributed by atoms with Crippen molar-refractivity contribution in [3.8, 4) is 0 Å². The lowest BCUT2D eigenvalue weighted by Crippen LogP contribution is -2.34. The normalized spacial score (nSPS) is 19.8. The maximum atomic E-state index is 12.9. The number of aliphatic imine (C=N–C) groups is 1. The van der Waals surface area contributed by atoms with Crippen molar-refractivity contribution in [1.29, 1.82) is 0 Å². The molecule has 0 atom stereocenters. The van der Waals surface area contributed by atoms with Crippen LogP contribution < -0.4 is 5.32 Å². The number of halogens is 3. The number of nitrogens with zero attached hydrogens (tertiary/aromatic N) is 2. The van der Waals surface area contributed by atoms with Crippen LogP contribution in [0.1, 0.15) is 25.7 Å². The Kier molecular flexibility index (Phi) is 5.88. The van der Waals surface area contributed by atoms with E-state index in [0.29, 0.717) is 21.7 Å². The van der Waals surface area contributed by atoms with E-state index in [-0.39, 0.29) is 18.3 Å². The van der Waals surface area contributed by atoms with Crippen molar-refractivity contribution < 1.29 is 4.79 Å². The fourth-order valence-electron chi connectivity index (χ4n) is 3.23. The first kappa shape index (κ1) is 18.9. The zero-order valence-corrected chi connectivity index (χ0v) is 16.6. The molecule has 1 fully saturated rings. The maximum absolute atomic E-state index is 12.9. The van der Waals surface area contributed by atoms with E-state index < -0.39 is 0 Å². The third-order valence-electron chi connectivity index (χ3n) is 4.55. The molecule has 0 aromatic heterocycles. The van der Waals surface area contributed by atoms with Gasteiger partial charge in [-0.05, 0) is 49.2 Å². The largest absolute Gasteiger partial charge is 0.323 e. The van der Waals surface area contributed by atoms with Crippen molar-refractivity contribution in [3.05, 3.63) is 38.8 Å². The lowest BCUT2D eigenvalue weighted by Gasteiger charge is -2.34. The quantitative estimate of drug-likeness (QED) is 0.736. The van der Waals surface area contributed by atoms with Crippen LogP contribution in [0.15, 0.2) is 33.8 Å². The van der Waals surface area contributed by atoms with E-state index in [9.17, 15) is 4.79 Å². The van der Waals surface area contributed by atoms with Crippen molar-refractivity contribution in [1.82, 2.24) is 4.90 Å². The predicted octanol–water partition coefficient (Wildman–Crippen LogP) is 5.17. The van der Waals surface area contributed by atoms with Gasteiger partial charge in [0.05, 0.1) is 0 Å². The predicted molar refractivity (Wildman–Crippen MR) is 108 cm³/mol. The molecule has 3 aliphatic rings. The number of hydrogen-bond acceptors (Lipinski definition) is 4. The summed E-state index contributed by atoms with van der Waals surface area (Å²) in [6.45, 7) is 1.80. The fourth-order valence-corrected chi connectivity index (χ4v) is 4.91. The molecule has 0 unspecified atom stereocenters. The van der Waals surface area contributed by atoms with Crippen LogP contribution in [0.5, 0.6) is 0 Å². The first-order valence-electron chi connectivity index (χ1n) is 8.13. The van der Waals surface area contributed by atoms with Crippen molar-refractivity contribution in [2.75, 3.05) is 18.4 Å². The summed E-state index contributed by atoms with van der Waals surface area (Å²) < 4.78 is 0. The summed E-state index contributed by atoms with van der Waals surface area (Å²) in [6.07, 6.45) is 4.58. The Labute approximate surface area is 167 Å². The zero-order valence-electron chi connectivity index (χ0n) is 13.4. The van der Waals surface area contributed by atoms with E-state index in [0.717, 1.165) is 48.1 Å². The zero-order chi connectivity index (χ0) is 16.7. The average Bonchev–Trinajstić information content (AvgIpc) is 2.84. The highest BCUT2D eigenvalue weighted by atomic mass is 35.5. The number of fused-ring (bicyclic) bond motifs is 1. The number of amidine groups is 1. The summed E-state index contributed by atoms with van der Waals surface area (Å²) in [6, 6.07) is 5.07. The van der Waals surface area contributed by atoms with Crippen LogP contribution in [0.2, 0.25) is 10.0 Å².